The summed E-state index contributed by atoms with van der Waals surface area (Å²) in [4.78, 5) is 12.1. The second-order valence-electron chi connectivity index (χ2n) is 11.7. The molecule has 9 heteroatoms. The van der Waals surface area contributed by atoms with Crippen LogP contribution >= 0.6 is 0 Å². The van der Waals surface area contributed by atoms with E-state index in [9.17, 15) is 13.2 Å². The van der Waals surface area contributed by atoms with Gasteiger partial charge in [-0.15, -0.1) is 5.10 Å². The fourth-order valence-corrected chi connectivity index (χ4v) is 7.16. The number of esters is 1. The van der Waals surface area contributed by atoms with Crippen LogP contribution in [0.1, 0.15) is 73.9 Å². The average Bonchev–Trinajstić information content (AvgIpc) is 3.35. The van der Waals surface area contributed by atoms with Crippen molar-refractivity contribution in [3.63, 3.8) is 0 Å². The van der Waals surface area contributed by atoms with Crippen LogP contribution in [-0.2, 0) is 24.1 Å². The van der Waals surface area contributed by atoms with Crippen LogP contribution in [0.25, 0.3) is 28.1 Å². The SMILES string of the molecule is CCOC(=O)/C=C/c1ccc(/C(=C(\c2ccccc2S(C)(=O)=O)C2CCC2)c2ccc3c(c2)c(F)nn3C2CCCCO2)cc1. The van der Waals surface area contributed by atoms with Gasteiger partial charge in [-0.05, 0) is 103 Å². The van der Waals surface area contributed by atoms with Crippen LogP contribution in [0.4, 0.5) is 4.39 Å². The van der Waals surface area contributed by atoms with Crippen molar-refractivity contribution in [3.05, 3.63) is 101 Å². The molecule has 1 atom stereocenters. The summed E-state index contributed by atoms with van der Waals surface area (Å²) >= 11 is 0. The minimum atomic E-state index is -3.55. The number of aromatic nitrogens is 2. The third kappa shape index (κ3) is 6.51. The summed E-state index contributed by atoms with van der Waals surface area (Å²) in [6.45, 7) is 2.68. The second kappa shape index (κ2) is 13.1. The second-order valence-corrected chi connectivity index (χ2v) is 13.7. The molecule has 2 aliphatic rings. The summed E-state index contributed by atoms with van der Waals surface area (Å²) in [6.07, 6.45) is 9.64. The van der Waals surface area contributed by atoms with Gasteiger partial charge < -0.3 is 9.47 Å². The normalized spacial score (nSPS) is 18.2. The van der Waals surface area contributed by atoms with E-state index in [1.807, 2.05) is 54.6 Å². The maximum Gasteiger partial charge on any atom is 0.330 e. The number of fused-ring (bicyclic) bond motifs is 1. The number of ether oxygens (including phenoxy) is 2. The molecule has 6 rings (SSSR count). The zero-order valence-corrected chi connectivity index (χ0v) is 26.4. The van der Waals surface area contributed by atoms with E-state index < -0.39 is 21.8 Å². The Bertz CT molecular complexity index is 1880. The Labute approximate surface area is 263 Å². The molecule has 7 nitrogen and oxygen atoms in total. The Kier molecular flexibility index (Phi) is 9.01. The molecule has 0 amide bonds. The molecule has 4 aromatic rings. The number of benzene rings is 3. The minimum absolute atomic E-state index is 0.130. The summed E-state index contributed by atoms with van der Waals surface area (Å²) in [5.74, 6) is -0.854. The highest BCUT2D eigenvalue weighted by molar-refractivity contribution is 7.90. The highest BCUT2D eigenvalue weighted by Crippen LogP contribution is 2.47. The van der Waals surface area contributed by atoms with Gasteiger partial charge in [-0.2, -0.15) is 4.39 Å². The van der Waals surface area contributed by atoms with Gasteiger partial charge in [-0.3, -0.25) is 0 Å². The zero-order chi connectivity index (χ0) is 31.6. The molecule has 1 aromatic heterocycles. The van der Waals surface area contributed by atoms with Crippen LogP contribution < -0.4 is 0 Å². The Balaban J connectivity index is 1.55. The number of sulfone groups is 1. The molecule has 3 aromatic carbocycles. The molecule has 1 saturated heterocycles. The molecular weight excluding hydrogens is 591 g/mol. The smallest absolute Gasteiger partial charge is 0.330 e. The van der Waals surface area contributed by atoms with Gasteiger partial charge in [0.1, 0.15) is 0 Å². The van der Waals surface area contributed by atoms with Crippen LogP contribution in [0.15, 0.2) is 77.7 Å². The monoisotopic (exact) mass is 628 g/mol. The predicted molar refractivity (Wildman–Crippen MR) is 173 cm³/mol. The van der Waals surface area contributed by atoms with Crippen LogP contribution in [0.5, 0.6) is 0 Å². The number of hydrogen-bond acceptors (Lipinski definition) is 6. The lowest BCUT2D eigenvalue weighted by Gasteiger charge is -2.32. The molecule has 234 valence electrons. The van der Waals surface area contributed by atoms with Crippen molar-refractivity contribution < 1.29 is 27.1 Å². The first-order valence-electron chi connectivity index (χ1n) is 15.5. The lowest BCUT2D eigenvalue weighted by molar-refractivity contribution is -0.137. The lowest BCUT2D eigenvalue weighted by Crippen LogP contribution is -2.19. The maximum atomic E-state index is 15.5. The molecule has 1 unspecified atom stereocenters. The van der Waals surface area contributed by atoms with Crippen molar-refractivity contribution in [3.8, 4) is 0 Å². The molecule has 2 heterocycles. The van der Waals surface area contributed by atoms with E-state index in [2.05, 4.69) is 5.10 Å². The third-order valence-electron chi connectivity index (χ3n) is 8.64. The highest BCUT2D eigenvalue weighted by atomic mass is 32.2. The van der Waals surface area contributed by atoms with Gasteiger partial charge in [-0.25, -0.2) is 17.9 Å². The molecule has 0 N–H and O–H groups in total. The Hall–Kier alpha value is -4.08. The summed E-state index contributed by atoms with van der Waals surface area (Å²) < 4.78 is 54.2. The fraction of sp³-hybridized carbons (Fsp3) is 0.333. The molecule has 2 fully saturated rings. The number of hydrogen-bond donors (Lipinski definition) is 0. The van der Waals surface area contributed by atoms with E-state index >= 15 is 4.39 Å². The van der Waals surface area contributed by atoms with Crippen molar-refractivity contribution in [2.45, 2.75) is 56.6 Å². The van der Waals surface area contributed by atoms with Gasteiger partial charge in [0.05, 0.1) is 22.4 Å². The van der Waals surface area contributed by atoms with E-state index in [0.29, 0.717) is 29.7 Å². The van der Waals surface area contributed by atoms with Gasteiger partial charge in [-0.1, -0.05) is 55.0 Å². The molecule has 1 saturated carbocycles. The van der Waals surface area contributed by atoms with Crippen LogP contribution in [0.3, 0.4) is 0 Å². The highest BCUT2D eigenvalue weighted by Gasteiger charge is 2.31. The first kappa shape index (κ1) is 30.9. The van der Waals surface area contributed by atoms with E-state index in [0.717, 1.165) is 66.4 Å². The third-order valence-corrected chi connectivity index (χ3v) is 9.79. The molecule has 0 radical (unpaired) electrons. The average molecular weight is 629 g/mol. The first-order chi connectivity index (χ1) is 21.7. The van der Waals surface area contributed by atoms with E-state index in [4.69, 9.17) is 9.47 Å². The Morgan fingerprint density at radius 1 is 1.02 bits per heavy atom. The molecule has 0 spiro atoms. The summed E-state index contributed by atoms with van der Waals surface area (Å²) in [5.41, 5.74) is 5.53. The number of nitrogens with zero attached hydrogens (tertiary/aromatic N) is 2. The van der Waals surface area contributed by atoms with Gasteiger partial charge >= 0.3 is 5.97 Å². The topological polar surface area (TPSA) is 87.5 Å². The summed E-state index contributed by atoms with van der Waals surface area (Å²) in [5, 5.41) is 4.63. The zero-order valence-electron chi connectivity index (χ0n) is 25.5. The largest absolute Gasteiger partial charge is 0.463 e. The number of carbonyl (C=O) groups is 1. The number of rotatable bonds is 9. The predicted octanol–water partition coefficient (Wildman–Crippen LogP) is 7.61. The first-order valence-corrected chi connectivity index (χ1v) is 17.4. The van der Waals surface area contributed by atoms with Crippen LogP contribution in [0, 0.1) is 11.9 Å². The number of halogens is 1. The molecular formula is C36H37FN2O5S. The standard InChI is InChI=1S/C36H37FN2O5S/c1-3-43-33(40)21-16-24-14-17-26(18-15-24)34(35(25-9-8-10-25)28-11-4-5-12-31(28)45(2,41)42)27-19-20-30-29(23-27)36(37)38-39(30)32-13-6-7-22-44-32/h4-5,11-12,14-21,23,25,32H,3,6-10,13,22H2,1-2H3/b21-16+,35-34+. The number of carbonyl (C=O) groups excluding carboxylic acids is 1. The fourth-order valence-electron chi connectivity index (χ4n) is 6.26. The minimum Gasteiger partial charge on any atom is -0.463 e. The maximum absolute atomic E-state index is 15.5. The summed E-state index contributed by atoms with van der Waals surface area (Å²) in [6, 6.07) is 20.5. The van der Waals surface area contributed by atoms with Gasteiger partial charge in [0.15, 0.2) is 16.1 Å². The Morgan fingerprint density at radius 3 is 2.44 bits per heavy atom. The van der Waals surface area contributed by atoms with Crippen molar-refractivity contribution in [1.29, 1.82) is 0 Å². The molecule has 1 aliphatic carbocycles. The lowest BCUT2D eigenvalue weighted by atomic mass is 9.73. The number of allylic oxidation sites excluding steroid dienone is 1. The van der Waals surface area contributed by atoms with Crippen LogP contribution in [0.2, 0.25) is 0 Å². The molecule has 1 aliphatic heterocycles. The molecule has 45 heavy (non-hydrogen) atoms. The van der Waals surface area contributed by atoms with Gasteiger partial charge in [0, 0.05) is 18.9 Å². The van der Waals surface area contributed by atoms with Gasteiger partial charge in [0.2, 0.25) is 5.95 Å². The quantitative estimate of drug-likeness (QED) is 0.108. The van der Waals surface area contributed by atoms with E-state index in [1.54, 1.807) is 29.8 Å². The van der Waals surface area contributed by atoms with Crippen molar-refractivity contribution in [2.24, 2.45) is 5.92 Å². The van der Waals surface area contributed by atoms with Crippen LogP contribution in [-0.4, -0.2) is 43.6 Å². The van der Waals surface area contributed by atoms with Crippen molar-refractivity contribution in [1.82, 2.24) is 9.78 Å². The van der Waals surface area contributed by atoms with E-state index in [1.165, 1.54) is 12.3 Å². The molecule has 0 bridgehead atoms. The van der Waals surface area contributed by atoms with Crippen molar-refractivity contribution >= 4 is 43.9 Å². The van der Waals surface area contributed by atoms with E-state index in [-0.39, 0.29) is 17.0 Å². The Morgan fingerprint density at radius 2 is 1.78 bits per heavy atom. The van der Waals surface area contributed by atoms with Crippen molar-refractivity contribution in [2.75, 3.05) is 19.5 Å². The summed E-state index contributed by atoms with van der Waals surface area (Å²) in [7, 11) is -3.55. The van der Waals surface area contributed by atoms with Gasteiger partial charge in [0.25, 0.3) is 0 Å².